The maximum atomic E-state index is 12.5. The third kappa shape index (κ3) is 4.07. The molecule has 0 saturated carbocycles. The van der Waals surface area contributed by atoms with E-state index < -0.39 is 5.97 Å². The molecule has 1 saturated heterocycles. The summed E-state index contributed by atoms with van der Waals surface area (Å²) in [6.45, 7) is 5.63. The fraction of sp³-hybridized carbons (Fsp3) is 0.600. The number of aliphatic carboxylic acids is 1. The first-order chi connectivity index (χ1) is 9.97. The zero-order valence-electron chi connectivity index (χ0n) is 12.5. The summed E-state index contributed by atoms with van der Waals surface area (Å²) in [5.41, 5.74) is 0.631. The Balaban J connectivity index is 1.92. The van der Waals surface area contributed by atoms with Gasteiger partial charge in [-0.3, -0.25) is 9.59 Å². The van der Waals surface area contributed by atoms with E-state index in [9.17, 15) is 9.59 Å². The number of nitrogens with zero attached hydrogens (tertiary/aromatic N) is 1. The lowest BCUT2D eigenvalue weighted by molar-refractivity contribution is -0.136. The molecule has 2 N–H and O–H groups in total. The van der Waals surface area contributed by atoms with Gasteiger partial charge in [0, 0.05) is 19.6 Å². The summed E-state index contributed by atoms with van der Waals surface area (Å²) in [5.74, 6) is 0.849. The molecule has 6 nitrogen and oxygen atoms in total. The molecule has 1 atom stereocenters. The molecule has 1 amide bonds. The quantitative estimate of drug-likeness (QED) is 0.858. The lowest BCUT2D eigenvalue weighted by Crippen LogP contribution is -2.43. The lowest BCUT2D eigenvalue weighted by Gasteiger charge is -2.32. The van der Waals surface area contributed by atoms with Gasteiger partial charge in [0.1, 0.15) is 11.5 Å². The Hall–Kier alpha value is -1.82. The highest BCUT2D eigenvalue weighted by molar-refractivity contribution is 5.95. The fourth-order valence-electron chi connectivity index (χ4n) is 2.81. The lowest BCUT2D eigenvalue weighted by atomic mass is 9.97. The maximum Gasteiger partial charge on any atom is 0.317 e. The normalized spacial score (nSPS) is 18.8. The van der Waals surface area contributed by atoms with Crippen LogP contribution < -0.4 is 5.32 Å². The van der Waals surface area contributed by atoms with Crippen LogP contribution in [0.1, 0.15) is 34.7 Å². The first kappa shape index (κ1) is 15.6. The molecule has 21 heavy (non-hydrogen) atoms. The molecule has 0 aliphatic carbocycles. The van der Waals surface area contributed by atoms with Crippen LogP contribution in [0.4, 0.5) is 0 Å². The Morgan fingerprint density at radius 1 is 1.48 bits per heavy atom. The molecule has 1 fully saturated rings. The van der Waals surface area contributed by atoms with Crippen molar-refractivity contribution >= 4 is 11.9 Å². The summed E-state index contributed by atoms with van der Waals surface area (Å²) in [6.07, 6.45) is 1.96. The number of hydrogen-bond acceptors (Lipinski definition) is 4. The van der Waals surface area contributed by atoms with Gasteiger partial charge in [0.15, 0.2) is 0 Å². The predicted molar refractivity (Wildman–Crippen MR) is 77.3 cm³/mol. The van der Waals surface area contributed by atoms with Gasteiger partial charge in [0.25, 0.3) is 5.91 Å². The average Bonchev–Trinajstić information content (AvgIpc) is 2.77. The van der Waals surface area contributed by atoms with Crippen molar-refractivity contribution in [1.82, 2.24) is 10.2 Å². The average molecular weight is 294 g/mol. The molecule has 0 aromatic carbocycles. The van der Waals surface area contributed by atoms with Crippen LogP contribution in [0.5, 0.6) is 0 Å². The predicted octanol–water partition coefficient (Wildman–Crippen LogP) is 1.42. The van der Waals surface area contributed by atoms with Crippen molar-refractivity contribution < 1.29 is 19.1 Å². The van der Waals surface area contributed by atoms with Crippen molar-refractivity contribution in [3.05, 3.63) is 23.2 Å². The van der Waals surface area contributed by atoms with Crippen LogP contribution in [0.3, 0.4) is 0 Å². The summed E-state index contributed by atoms with van der Waals surface area (Å²) in [4.78, 5) is 24.9. The number of aryl methyl sites for hydroxylation is 2. The van der Waals surface area contributed by atoms with E-state index in [0.717, 1.165) is 25.1 Å². The van der Waals surface area contributed by atoms with Crippen molar-refractivity contribution in [2.24, 2.45) is 5.92 Å². The largest absolute Gasteiger partial charge is 0.480 e. The third-order valence-corrected chi connectivity index (χ3v) is 3.79. The highest BCUT2D eigenvalue weighted by atomic mass is 16.4. The summed E-state index contributed by atoms with van der Waals surface area (Å²) in [6, 6.07) is 1.78. The number of nitrogens with one attached hydrogen (secondary N) is 1. The van der Waals surface area contributed by atoms with Crippen molar-refractivity contribution in [2.75, 3.05) is 26.2 Å². The highest BCUT2D eigenvalue weighted by Gasteiger charge is 2.26. The first-order valence-corrected chi connectivity index (χ1v) is 7.26. The van der Waals surface area contributed by atoms with Gasteiger partial charge in [-0.05, 0) is 38.7 Å². The molecular formula is C15H22N2O4. The number of carbonyl (C=O) groups excluding carboxylic acids is 1. The number of furan rings is 1. The molecule has 1 aromatic heterocycles. The van der Waals surface area contributed by atoms with Gasteiger partial charge in [-0.15, -0.1) is 0 Å². The zero-order chi connectivity index (χ0) is 15.4. The topological polar surface area (TPSA) is 82.8 Å². The molecule has 2 heterocycles. The van der Waals surface area contributed by atoms with Gasteiger partial charge in [0.2, 0.25) is 0 Å². The Labute approximate surface area is 124 Å². The number of hydrogen-bond donors (Lipinski definition) is 2. The van der Waals surface area contributed by atoms with Crippen LogP contribution in [0, 0.1) is 19.8 Å². The Morgan fingerprint density at radius 2 is 2.24 bits per heavy atom. The van der Waals surface area contributed by atoms with E-state index in [2.05, 4.69) is 5.32 Å². The van der Waals surface area contributed by atoms with E-state index in [-0.39, 0.29) is 12.5 Å². The Bertz CT molecular complexity index is 524. The van der Waals surface area contributed by atoms with E-state index in [1.54, 1.807) is 13.0 Å². The molecule has 1 unspecified atom stereocenters. The molecule has 0 spiro atoms. The van der Waals surface area contributed by atoms with Crippen molar-refractivity contribution in [2.45, 2.75) is 26.7 Å². The van der Waals surface area contributed by atoms with Crippen LogP contribution in [-0.4, -0.2) is 48.1 Å². The SMILES string of the molecule is Cc1cc(C(=O)N2CCCC(CNCC(=O)O)C2)c(C)o1. The Kier molecular flexibility index (Phi) is 5.01. The number of piperidine rings is 1. The van der Waals surface area contributed by atoms with E-state index in [1.165, 1.54) is 0 Å². The molecule has 0 bridgehead atoms. The van der Waals surface area contributed by atoms with Crippen LogP contribution >= 0.6 is 0 Å². The number of carbonyl (C=O) groups is 2. The molecule has 1 aliphatic rings. The van der Waals surface area contributed by atoms with Crippen LogP contribution in [-0.2, 0) is 4.79 Å². The smallest absolute Gasteiger partial charge is 0.317 e. The summed E-state index contributed by atoms with van der Waals surface area (Å²) < 4.78 is 5.42. The van der Waals surface area contributed by atoms with Crippen molar-refractivity contribution in [3.63, 3.8) is 0 Å². The third-order valence-electron chi connectivity index (χ3n) is 3.79. The second-order valence-electron chi connectivity index (χ2n) is 5.61. The fourth-order valence-corrected chi connectivity index (χ4v) is 2.81. The summed E-state index contributed by atoms with van der Waals surface area (Å²) in [5, 5.41) is 11.5. The molecule has 2 rings (SSSR count). The minimum absolute atomic E-state index is 0.00674. The van der Waals surface area contributed by atoms with Gasteiger partial charge in [-0.25, -0.2) is 0 Å². The molecule has 6 heteroatoms. The molecule has 1 aliphatic heterocycles. The second kappa shape index (κ2) is 6.76. The van der Waals surface area contributed by atoms with Gasteiger partial charge < -0.3 is 19.7 Å². The zero-order valence-corrected chi connectivity index (χ0v) is 12.5. The second-order valence-corrected chi connectivity index (χ2v) is 5.61. The molecular weight excluding hydrogens is 272 g/mol. The standard InChI is InChI=1S/C15H22N2O4/c1-10-6-13(11(2)21-10)15(20)17-5-3-4-12(9-17)7-16-8-14(18)19/h6,12,16H,3-5,7-9H2,1-2H3,(H,18,19). The number of carboxylic acid groups (broad SMARTS) is 1. The van der Waals surface area contributed by atoms with E-state index in [0.29, 0.717) is 30.3 Å². The van der Waals surface area contributed by atoms with Crippen molar-refractivity contribution in [3.8, 4) is 0 Å². The number of likely N-dealkylation sites (tertiary alicyclic amines) is 1. The van der Waals surface area contributed by atoms with Crippen LogP contribution in [0.2, 0.25) is 0 Å². The van der Waals surface area contributed by atoms with E-state index >= 15 is 0 Å². The number of amides is 1. The first-order valence-electron chi connectivity index (χ1n) is 7.26. The van der Waals surface area contributed by atoms with Gasteiger partial charge >= 0.3 is 5.97 Å². The van der Waals surface area contributed by atoms with Crippen molar-refractivity contribution in [1.29, 1.82) is 0 Å². The van der Waals surface area contributed by atoms with E-state index in [1.807, 2.05) is 11.8 Å². The maximum absolute atomic E-state index is 12.5. The summed E-state index contributed by atoms with van der Waals surface area (Å²) in [7, 11) is 0. The van der Waals surface area contributed by atoms with Crippen LogP contribution in [0.25, 0.3) is 0 Å². The van der Waals surface area contributed by atoms with Gasteiger partial charge in [0.05, 0.1) is 12.1 Å². The Morgan fingerprint density at radius 3 is 2.86 bits per heavy atom. The van der Waals surface area contributed by atoms with Gasteiger partial charge in [-0.2, -0.15) is 0 Å². The number of carboxylic acids is 1. The molecule has 0 radical (unpaired) electrons. The number of rotatable bonds is 5. The molecule has 116 valence electrons. The van der Waals surface area contributed by atoms with Crippen LogP contribution in [0.15, 0.2) is 10.5 Å². The monoisotopic (exact) mass is 294 g/mol. The highest BCUT2D eigenvalue weighted by Crippen LogP contribution is 2.21. The van der Waals surface area contributed by atoms with E-state index in [4.69, 9.17) is 9.52 Å². The summed E-state index contributed by atoms with van der Waals surface area (Å²) >= 11 is 0. The minimum Gasteiger partial charge on any atom is -0.480 e. The van der Waals surface area contributed by atoms with Gasteiger partial charge in [-0.1, -0.05) is 0 Å². The molecule has 1 aromatic rings. The minimum atomic E-state index is -0.858.